The summed E-state index contributed by atoms with van der Waals surface area (Å²) in [5.41, 5.74) is 0. The van der Waals surface area contributed by atoms with Crippen LogP contribution >= 0.6 is 0 Å². The second kappa shape index (κ2) is 7.04. The molecule has 0 aromatic heterocycles. The highest BCUT2D eigenvalue weighted by Gasteiger charge is 2.34. The summed E-state index contributed by atoms with van der Waals surface area (Å²) in [6.07, 6.45) is 4.57. The molecular formula is C14H26N4O2. The van der Waals surface area contributed by atoms with E-state index in [1.165, 1.54) is 12.8 Å². The van der Waals surface area contributed by atoms with Crippen LogP contribution in [0.4, 0.5) is 0 Å². The molecule has 1 heterocycles. The molecule has 1 aliphatic carbocycles. The van der Waals surface area contributed by atoms with Crippen molar-refractivity contribution in [2.24, 2.45) is 0 Å². The summed E-state index contributed by atoms with van der Waals surface area (Å²) in [5, 5.41) is 9.01. The van der Waals surface area contributed by atoms with Gasteiger partial charge in [-0.25, -0.2) is 0 Å². The number of nitrogens with zero attached hydrogens (tertiary/aromatic N) is 1. The molecule has 114 valence electrons. The molecule has 2 unspecified atom stereocenters. The fraction of sp³-hybridized carbons (Fsp3) is 0.857. The summed E-state index contributed by atoms with van der Waals surface area (Å²) in [4.78, 5) is 26.3. The van der Waals surface area contributed by atoms with E-state index in [0.717, 1.165) is 25.9 Å². The van der Waals surface area contributed by atoms with Crippen LogP contribution in [0.2, 0.25) is 0 Å². The predicted molar refractivity (Wildman–Crippen MR) is 77.3 cm³/mol. The molecule has 0 aromatic rings. The zero-order valence-electron chi connectivity index (χ0n) is 12.4. The first-order chi connectivity index (χ1) is 9.63. The molecule has 0 spiro atoms. The summed E-state index contributed by atoms with van der Waals surface area (Å²) in [6.45, 7) is 4.03. The van der Waals surface area contributed by atoms with Crippen molar-refractivity contribution in [2.45, 2.75) is 50.7 Å². The van der Waals surface area contributed by atoms with Gasteiger partial charge in [0.25, 0.3) is 0 Å². The van der Waals surface area contributed by atoms with Gasteiger partial charge in [-0.15, -0.1) is 0 Å². The van der Waals surface area contributed by atoms with Gasteiger partial charge in [0.2, 0.25) is 11.8 Å². The molecule has 2 atom stereocenters. The van der Waals surface area contributed by atoms with Crippen LogP contribution in [0.5, 0.6) is 0 Å². The van der Waals surface area contributed by atoms with Gasteiger partial charge in [0.05, 0.1) is 6.04 Å². The summed E-state index contributed by atoms with van der Waals surface area (Å²) < 4.78 is 0. The van der Waals surface area contributed by atoms with Gasteiger partial charge in [-0.1, -0.05) is 12.8 Å². The van der Waals surface area contributed by atoms with Gasteiger partial charge in [-0.05, 0) is 19.8 Å². The maximum atomic E-state index is 12.3. The number of nitrogens with one attached hydrogen (secondary N) is 3. The third kappa shape index (κ3) is 3.49. The molecule has 1 saturated carbocycles. The van der Waals surface area contributed by atoms with Crippen molar-refractivity contribution in [3.63, 3.8) is 0 Å². The summed E-state index contributed by atoms with van der Waals surface area (Å²) in [5.74, 6) is 0.0189. The Bertz CT molecular complexity index is 355. The van der Waals surface area contributed by atoms with Crippen LogP contribution in [0.3, 0.4) is 0 Å². The first-order valence-electron chi connectivity index (χ1n) is 7.62. The number of carbonyl (C=O) groups is 2. The van der Waals surface area contributed by atoms with Crippen LogP contribution < -0.4 is 16.0 Å². The molecular weight excluding hydrogens is 256 g/mol. The van der Waals surface area contributed by atoms with Crippen LogP contribution in [-0.2, 0) is 9.59 Å². The maximum Gasteiger partial charge on any atom is 0.238 e. The van der Waals surface area contributed by atoms with E-state index in [2.05, 4.69) is 16.0 Å². The quantitative estimate of drug-likeness (QED) is 0.647. The topological polar surface area (TPSA) is 73.5 Å². The minimum absolute atomic E-state index is 0.0299. The van der Waals surface area contributed by atoms with Gasteiger partial charge in [0.15, 0.2) is 0 Å². The van der Waals surface area contributed by atoms with E-state index in [0.29, 0.717) is 12.6 Å². The predicted octanol–water partition coefficient (Wildman–Crippen LogP) is -0.546. The number of hydrogen-bond donors (Lipinski definition) is 3. The summed E-state index contributed by atoms with van der Waals surface area (Å²) in [7, 11) is 1.64. The van der Waals surface area contributed by atoms with Gasteiger partial charge in [0, 0.05) is 32.7 Å². The maximum absolute atomic E-state index is 12.3. The van der Waals surface area contributed by atoms with Crippen molar-refractivity contribution in [3.05, 3.63) is 0 Å². The summed E-state index contributed by atoms with van der Waals surface area (Å²) in [6, 6.07) is -0.204. The normalized spacial score (nSPS) is 26.2. The Balaban J connectivity index is 1.95. The Morgan fingerprint density at radius 1 is 1.30 bits per heavy atom. The van der Waals surface area contributed by atoms with Crippen LogP contribution in [0.25, 0.3) is 0 Å². The van der Waals surface area contributed by atoms with Gasteiger partial charge in [-0.3, -0.25) is 14.5 Å². The molecule has 1 aliphatic heterocycles. The van der Waals surface area contributed by atoms with Crippen molar-refractivity contribution < 1.29 is 9.59 Å². The number of piperazine rings is 1. The number of likely N-dealkylation sites (N-methyl/N-ethyl adjacent to an activating group) is 1. The standard InChI is InChI=1S/C14H26N4O2/c1-10(13(19)17-11-5-3-4-6-11)18-8-7-16-9-12(18)14(20)15-2/h10-12,16H,3-9H2,1-2H3,(H,15,20)(H,17,19). The lowest BCUT2D eigenvalue weighted by Gasteiger charge is -2.38. The molecule has 6 nitrogen and oxygen atoms in total. The fourth-order valence-electron chi connectivity index (χ4n) is 3.14. The van der Waals surface area contributed by atoms with Crippen molar-refractivity contribution in [1.29, 1.82) is 0 Å². The first kappa shape index (κ1) is 15.3. The largest absolute Gasteiger partial charge is 0.358 e. The van der Waals surface area contributed by atoms with Crippen molar-refractivity contribution in [3.8, 4) is 0 Å². The Morgan fingerprint density at radius 2 is 2.00 bits per heavy atom. The molecule has 0 aromatic carbocycles. The molecule has 2 rings (SSSR count). The second-order valence-electron chi connectivity index (χ2n) is 5.74. The number of hydrogen-bond acceptors (Lipinski definition) is 4. The molecule has 0 radical (unpaired) electrons. The molecule has 0 bridgehead atoms. The van der Waals surface area contributed by atoms with E-state index in [4.69, 9.17) is 0 Å². The Morgan fingerprint density at radius 3 is 2.65 bits per heavy atom. The molecule has 2 fully saturated rings. The summed E-state index contributed by atoms with van der Waals surface area (Å²) >= 11 is 0. The Labute approximate surface area is 120 Å². The third-order valence-corrected chi connectivity index (χ3v) is 4.41. The molecule has 2 aliphatic rings. The Kier molecular flexibility index (Phi) is 5.37. The SMILES string of the molecule is CNC(=O)C1CNCCN1C(C)C(=O)NC1CCCC1. The smallest absolute Gasteiger partial charge is 0.238 e. The highest BCUT2D eigenvalue weighted by Crippen LogP contribution is 2.18. The van der Waals surface area contributed by atoms with Crippen LogP contribution in [0.15, 0.2) is 0 Å². The number of carbonyl (C=O) groups excluding carboxylic acids is 2. The molecule has 3 N–H and O–H groups in total. The second-order valence-corrected chi connectivity index (χ2v) is 5.74. The van der Waals surface area contributed by atoms with Crippen LogP contribution in [0, 0.1) is 0 Å². The highest BCUT2D eigenvalue weighted by atomic mass is 16.2. The fourth-order valence-corrected chi connectivity index (χ4v) is 3.14. The van der Waals surface area contributed by atoms with Gasteiger partial charge in [0.1, 0.15) is 6.04 Å². The Hall–Kier alpha value is -1.14. The van der Waals surface area contributed by atoms with Crippen molar-refractivity contribution in [1.82, 2.24) is 20.9 Å². The lowest BCUT2D eigenvalue weighted by atomic mass is 10.1. The van der Waals surface area contributed by atoms with Gasteiger partial charge in [-0.2, -0.15) is 0 Å². The van der Waals surface area contributed by atoms with E-state index in [1.807, 2.05) is 11.8 Å². The molecule has 20 heavy (non-hydrogen) atoms. The van der Waals surface area contributed by atoms with E-state index in [1.54, 1.807) is 7.05 Å². The van der Waals surface area contributed by atoms with E-state index in [-0.39, 0.29) is 23.9 Å². The lowest BCUT2D eigenvalue weighted by Crippen LogP contribution is -2.62. The van der Waals surface area contributed by atoms with Gasteiger partial charge < -0.3 is 16.0 Å². The number of rotatable bonds is 4. The average molecular weight is 282 g/mol. The highest BCUT2D eigenvalue weighted by molar-refractivity contribution is 5.85. The van der Waals surface area contributed by atoms with Crippen molar-refractivity contribution >= 4 is 11.8 Å². The van der Waals surface area contributed by atoms with Gasteiger partial charge >= 0.3 is 0 Å². The minimum atomic E-state index is -0.266. The monoisotopic (exact) mass is 282 g/mol. The number of amides is 2. The molecule has 2 amide bonds. The average Bonchev–Trinajstić information content (AvgIpc) is 2.98. The lowest BCUT2D eigenvalue weighted by molar-refractivity contribution is -0.133. The third-order valence-electron chi connectivity index (χ3n) is 4.41. The van der Waals surface area contributed by atoms with Crippen LogP contribution in [-0.4, -0.2) is 61.5 Å². The van der Waals surface area contributed by atoms with E-state index < -0.39 is 0 Å². The molecule has 6 heteroatoms. The van der Waals surface area contributed by atoms with E-state index in [9.17, 15) is 9.59 Å². The van der Waals surface area contributed by atoms with Crippen molar-refractivity contribution in [2.75, 3.05) is 26.7 Å². The first-order valence-corrected chi connectivity index (χ1v) is 7.62. The zero-order chi connectivity index (χ0) is 14.5. The molecule has 1 saturated heterocycles. The zero-order valence-corrected chi connectivity index (χ0v) is 12.4. The minimum Gasteiger partial charge on any atom is -0.358 e. The van der Waals surface area contributed by atoms with E-state index >= 15 is 0 Å². The van der Waals surface area contributed by atoms with Crippen LogP contribution in [0.1, 0.15) is 32.6 Å².